The molecule has 1 aromatic carbocycles. The second-order valence-electron chi connectivity index (χ2n) is 9.49. The fourth-order valence-corrected chi connectivity index (χ4v) is 3.42. The highest BCUT2D eigenvalue weighted by Crippen LogP contribution is 2.20. The average molecular weight is 461 g/mol. The summed E-state index contributed by atoms with van der Waals surface area (Å²) in [7, 11) is 0. The van der Waals surface area contributed by atoms with Crippen LogP contribution in [0.1, 0.15) is 57.6 Å². The third-order valence-electron chi connectivity index (χ3n) is 5.06. The molecule has 0 N–H and O–H groups in total. The van der Waals surface area contributed by atoms with Crippen LogP contribution in [0.2, 0.25) is 0 Å². The number of carbonyl (C=O) groups excluding carboxylic acids is 2. The maximum absolute atomic E-state index is 13.4. The first-order chi connectivity index (χ1) is 15.6. The molecule has 182 valence electrons. The molecule has 0 aliphatic heterocycles. The van der Waals surface area contributed by atoms with E-state index in [0.717, 1.165) is 11.3 Å². The van der Waals surface area contributed by atoms with Crippen LogP contribution in [0.15, 0.2) is 40.8 Å². The number of ether oxygens (including phenoxy) is 1. The lowest BCUT2D eigenvalue weighted by atomic mass is 9.91. The fourth-order valence-electron chi connectivity index (χ4n) is 3.42. The fraction of sp³-hybridized carbons (Fsp3) is 0.538. The van der Waals surface area contributed by atoms with Crippen LogP contribution in [-0.4, -0.2) is 47.9 Å². The largest absolute Gasteiger partial charge is 0.464 e. The van der Waals surface area contributed by atoms with Gasteiger partial charge in [-0.25, -0.2) is 4.39 Å². The van der Waals surface area contributed by atoms with Crippen molar-refractivity contribution in [1.29, 1.82) is 0 Å². The lowest BCUT2D eigenvalue weighted by Crippen LogP contribution is -2.44. The van der Waals surface area contributed by atoms with E-state index < -0.39 is 0 Å². The van der Waals surface area contributed by atoms with Gasteiger partial charge in [0.2, 0.25) is 11.8 Å². The standard InChI is InChI=1S/C26H37FN2O4/c1-6-32-15-7-14-28(24(30)16-26(3,4)5)19-25(31)29(18-23-13-8-20(2)33-23)17-21-9-11-22(27)12-10-21/h8-13H,6-7,14-19H2,1-5H3. The number of nitrogens with zero attached hydrogens (tertiary/aromatic N) is 2. The Morgan fingerprint density at radius 2 is 1.70 bits per heavy atom. The van der Waals surface area contributed by atoms with Gasteiger partial charge in [-0.05, 0) is 55.5 Å². The molecule has 2 aromatic rings. The number of furan rings is 1. The summed E-state index contributed by atoms with van der Waals surface area (Å²) < 4.78 is 24.4. The molecule has 33 heavy (non-hydrogen) atoms. The van der Waals surface area contributed by atoms with Crippen LogP contribution in [0.25, 0.3) is 0 Å². The Hall–Kier alpha value is -2.67. The van der Waals surface area contributed by atoms with Crippen molar-refractivity contribution in [3.63, 3.8) is 0 Å². The summed E-state index contributed by atoms with van der Waals surface area (Å²) in [5.74, 6) is 0.852. The zero-order valence-electron chi connectivity index (χ0n) is 20.5. The highest BCUT2D eigenvalue weighted by atomic mass is 19.1. The Bertz CT molecular complexity index is 886. The smallest absolute Gasteiger partial charge is 0.242 e. The summed E-state index contributed by atoms with van der Waals surface area (Å²) in [4.78, 5) is 29.6. The van der Waals surface area contributed by atoms with E-state index in [0.29, 0.717) is 44.9 Å². The van der Waals surface area contributed by atoms with Crippen LogP contribution in [0, 0.1) is 18.2 Å². The van der Waals surface area contributed by atoms with Crippen molar-refractivity contribution in [2.75, 3.05) is 26.3 Å². The van der Waals surface area contributed by atoms with Crippen molar-refractivity contribution < 1.29 is 23.1 Å². The van der Waals surface area contributed by atoms with E-state index in [1.807, 2.05) is 46.8 Å². The minimum absolute atomic E-state index is 0.0259. The number of aryl methyl sites for hydroxylation is 1. The monoisotopic (exact) mass is 460 g/mol. The lowest BCUT2D eigenvalue weighted by molar-refractivity contribution is -0.142. The molecule has 7 heteroatoms. The summed E-state index contributed by atoms with van der Waals surface area (Å²) in [5, 5.41) is 0. The van der Waals surface area contributed by atoms with Gasteiger partial charge in [-0.3, -0.25) is 9.59 Å². The third-order valence-corrected chi connectivity index (χ3v) is 5.06. The normalized spacial score (nSPS) is 11.5. The first kappa shape index (κ1) is 26.6. The maximum Gasteiger partial charge on any atom is 0.242 e. The molecular weight excluding hydrogens is 423 g/mol. The number of hydrogen-bond acceptors (Lipinski definition) is 4. The van der Waals surface area contributed by atoms with E-state index in [2.05, 4.69) is 0 Å². The van der Waals surface area contributed by atoms with Gasteiger partial charge in [0.25, 0.3) is 0 Å². The Morgan fingerprint density at radius 3 is 2.27 bits per heavy atom. The molecule has 0 spiro atoms. The zero-order valence-corrected chi connectivity index (χ0v) is 20.5. The summed E-state index contributed by atoms with van der Waals surface area (Å²) in [6.07, 6.45) is 1.01. The number of rotatable bonds is 12. The molecule has 2 amide bonds. The zero-order chi connectivity index (χ0) is 24.4. The first-order valence-electron chi connectivity index (χ1n) is 11.5. The predicted molar refractivity (Wildman–Crippen MR) is 126 cm³/mol. The van der Waals surface area contributed by atoms with Crippen LogP contribution < -0.4 is 0 Å². The Kier molecular flexibility index (Phi) is 10.1. The van der Waals surface area contributed by atoms with Crippen molar-refractivity contribution in [3.8, 4) is 0 Å². The molecule has 6 nitrogen and oxygen atoms in total. The first-order valence-corrected chi connectivity index (χ1v) is 11.5. The Morgan fingerprint density at radius 1 is 1.00 bits per heavy atom. The Balaban J connectivity index is 2.17. The van der Waals surface area contributed by atoms with Crippen LogP contribution >= 0.6 is 0 Å². The van der Waals surface area contributed by atoms with Gasteiger partial charge in [0.1, 0.15) is 17.3 Å². The molecule has 0 bridgehead atoms. The average Bonchev–Trinajstić information content (AvgIpc) is 3.14. The van der Waals surface area contributed by atoms with Gasteiger partial charge in [-0.1, -0.05) is 32.9 Å². The Labute approximate surface area is 196 Å². The van der Waals surface area contributed by atoms with Crippen molar-refractivity contribution in [1.82, 2.24) is 9.80 Å². The summed E-state index contributed by atoms with van der Waals surface area (Å²) >= 11 is 0. The van der Waals surface area contributed by atoms with Crippen LogP contribution in [0.4, 0.5) is 4.39 Å². The van der Waals surface area contributed by atoms with E-state index in [1.54, 1.807) is 21.9 Å². The third kappa shape index (κ3) is 9.78. The molecule has 0 radical (unpaired) electrons. The highest BCUT2D eigenvalue weighted by Gasteiger charge is 2.25. The number of halogens is 1. The number of benzene rings is 1. The summed E-state index contributed by atoms with van der Waals surface area (Å²) in [5.41, 5.74) is 0.620. The van der Waals surface area contributed by atoms with Gasteiger partial charge >= 0.3 is 0 Å². The molecule has 0 aliphatic carbocycles. The van der Waals surface area contributed by atoms with Crippen molar-refractivity contribution in [3.05, 3.63) is 59.3 Å². The molecule has 1 aromatic heterocycles. The molecule has 0 fully saturated rings. The molecule has 0 saturated carbocycles. The second-order valence-corrected chi connectivity index (χ2v) is 9.49. The summed E-state index contributed by atoms with van der Waals surface area (Å²) in [6.45, 7) is 11.9. The minimum atomic E-state index is -0.327. The summed E-state index contributed by atoms with van der Waals surface area (Å²) in [6, 6.07) is 9.76. The van der Waals surface area contributed by atoms with Gasteiger partial charge in [0.05, 0.1) is 13.1 Å². The van der Waals surface area contributed by atoms with E-state index >= 15 is 0 Å². The molecule has 0 atom stereocenters. The number of carbonyl (C=O) groups is 2. The van der Waals surface area contributed by atoms with Gasteiger partial charge in [0.15, 0.2) is 0 Å². The topological polar surface area (TPSA) is 63.0 Å². The quantitative estimate of drug-likeness (QED) is 0.421. The van der Waals surface area contributed by atoms with Gasteiger partial charge in [0, 0.05) is 32.7 Å². The van der Waals surface area contributed by atoms with E-state index in [-0.39, 0.29) is 36.1 Å². The van der Waals surface area contributed by atoms with E-state index in [9.17, 15) is 14.0 Å². The van der Waals surface area contributed by atoms with Crippen LogP contribution in [0.5, 0.6) is 0 Å². The molecule has 1 heterocycles. The minimum Gasteiger partial charge on any atom is -0.464 e. The molecular formula is C26H37FN2O4. The van der Waals surface area contributed by atoms with Gasteiger partial charge in [-0.15, -0.1) is 0 Å². The molecule has 0 saturated heterocycles. The lowest BCUT2D eigenvalue weighted by Gasteiger charge is -2.29. The second kappa shape index (κ2) is 12.5. The number of hydrogen-bond donors (Lipinski definition) is 0. The predicted octanol–water partition coefficient (Wildman–Crippen LogP) is 4.95. The van der Waals surface area contributed by atoms with Crippen molar-refractivity contribution in [2.45, 2.75) is 60.5 Å². The highest BCUT2D eigenvalue weighted by molar-refractivity contribution is 5.85. The van der Waals surface area contributed by atoms with E-state index in [4.69, 9.17) is 9.15 Å². The maximum atomic E-state index is 13.4. The van der Waals surface area contributed by atoms with Crippen molar-refractivity contribution in [2.24, 2.45) is 5.41 Å². The molecule has 0 unspecified atom stereocenters. The van der Waals surface area contributed by atoms with E-state index in [1.165, 1.54) is 12.1 Å². The number of amides is 2. The van der Waals surface area contributed by atoms with Gasteiger partial charge < -0.3 is 19.0 Å². The van der Waals surface area contributed by atoms with Crippen LogP contribution in [0.3, 0.4) is 0 Å². The van der Waals surface area contributed by atoms with Gasteiger partial charge in [-0.2, -0.15) is 0 Å². The molecule has 0 aliphatic rings. The van der Waals surface area contributed by atoms with Crippen molar-refractivity contribution >= 4 is 11.8 Å². The van der Waals surface area contributed by atoms with Crippen LogP contribution in [-0.2, 0) is 27.4 Å². The molecule has 2 rings (SSSR count). The SMILES string of the molecule is CCOCCCN(CC(=O)N(Cc1ccc(F)cc1)Cc1ccc(C)o1)C(=O)CC(C)(C)C.